The lowest BCUT2D eigenvalue weighted by molar-refractivity contribution is -0.126. The van der Waals surface area contributed by atoms with E-state index in [1.807, 2.05) is 74.5 Å². The van der Waals surface area contributed by atoms with Gasteiger partial charge in [0.1, 0.15) is 6.54 Å². The van der Waals surface area contributed by atoms with Crippen molar-refractivity contribution in [1.29, 1.82) is 0 Å². The summed E-state index contributed by atoms with van der Waals surface area (Å²) in [5.74, 6) is -0.881. The summed E-state index contributed by atoms with van der Waals surface area (Å²) in [7, 11) is 0. The van der Waals surface area contributed by atoms with Gasteiger partial charge in [0.2, 0.25) is 11.8 Å². The first kappa shape index (κ1) is 23.9. The van der Waals surface area contributed by atoms with E-state index in [1.165, 1.54) is 6.08 Å². The fraction of sp³-hybridized carbons (Fsp3) is 0.308. The number of aromatic nitrogens is 2. The monoisotopic (exact) mass is 449 g/mol. The molecule has 1 atom stereocenters. The van der Waals surface area contributed by atoms with Crippen LogP contribution in [0.15, 0.2) is 76.0 Å². The van der Waals surface area contributed by atoms with Crippen molar-refractivity contribution in [3.05, 3.63) is 94.3 Å². The molecule has 0 radical (unpaired) electrons. The van der Waals surface area contributed by atoms with E-state index >= 15 is 0 Å². The molecule has 3 rings (SSSR count). The highest BCUT2D eigenvalue weighted by atomic mass is 16.4. The van der Waals surface area contributed by atoms with E-state index in [4.69, 9.17) is 4.42 Å². The molecule has 0 bridgehead atoms. The third kappa shape index (κ3) is 7.71. The molecule has 1 amide bonds. The smallest absolute Gasteiger partial charge is 0.392 e. The summed E-state index contributed by atoms with van der Waals surface area (Å²) in [6, 6.07) is 18.5. The molecule has 0 aliphatic carbocycles. The highest BCUT2D eigenvalue weighted by molar-refractivity contribution is 5.96. The Morgan fingerprint density at radius 2 is 1.73 bits per heavy atom. The van der Waals surface area contributed by atoms with E-state index in [0.29, 0.717) is 19.3 Å². The lowest BCUT2D eigenvalue weighted by Gasteiger charge is -2.18. The Balaban J connectivity index is 0.00000408. The number of aryl methyl sites for hydroxylation is 2. The van der Waals surface area contributed by atoms with E-state index in [2.05, 4.69) is 10.4 Å². The molecule has 7 heteroatoms. The summed E-state index contributed by atoms with van der Waals surface area (Å²) >= 11 is 0. The Labute approximate surface area is 194 Å². The second-order valence-corrected chi connectivity index (χ2v) is 8.31. The van der Waals surface area contributed by atoms with Gasteiger partial charge in [-0.15, -0.1) is 5.10 Å². The largest absolute Gasteiger partial charge is 0.437 e. The number of Topliss-reactive ketones (excluding diaryl/α,β-unsaturated/α-hetero) is 1. The van der Waals surface area contributed by atoms with Crippen molar-refractivity contribution in [3.63, 3.8) is 0 Å². The summed E-state index contributed by atoms with van der Waals surface area (Å²) in [5, 5.41) is 6.93. The zero-order valence-corrected chi connectivity index (χ0v) is 18.9. The highest BCUT2D eigenvalue weighted by Crippen LogP contribution is 2.08. The van der Waals surface area contributed by atoms with Crippen molar-refractivity contribution < 1.29 is 15.4 Å². The predicted molar refractivity (Wildman–Crippen MR) is 129 cm³/mol. The Morgan fingerprint density at radius 1 is 1.06 bits per heavy atom. The normalized spacial score (nSPS) is 12.2. The van der Waals surface area contributed by atoms with Gasteiger partial charge in [0.05, 0.1) is 6.04 Å². The first-order chi connectivity index (χ1) is 15.9. The molecule has 0 saturated heterocycles. The number of benzene rings is 2. The van der Waals surface area contributed by atoms with Gasteiger partial charge >= 0.3 is 5.76 Å². The number of ketones is 1. The van der Waals surface area contributed by atoms with Crippen LogP contribution in [0.3, 0.4) is 0 Å². The fourth-order valence-corrected chi connectivity index (χ4v) is 3.40. The van der Waals surface area contributed by atoms with Gasteiger partial charge in [-0.1, -0.05) is 74.5 Å². The third-order valence-electron chi connectivity index (χ3n) is 5.06. The highest BCUT2D eigenvalue weighted by Gasteiger charge is 2.23. The van der Waals surface area contributed by atoms with Gasteiger partial charge in [0.15, 0.2) is 5.78 Å². The molecule has 33 heavy (non-hydrogen) atoms. The summed E-state index contributed by atoms with van der Waals surface area (Å²) in [5.41, 5.74) is 1.99. The number of amides is 1. The molecule has 0 unspecified atom stereocenters. The number of carbonyl (C=O) groups is 2. The molecular formula is C26H31N3O4. The fourth-order valence-electron chi connectivity index (χ4n) is 3.40. The van der Waals surface area contributed by atoms with Crippen LogP contribution < -0.4 is 11.1 Å². The first-order valence-electron chi connectivity index (χ1n) is 11.1. The van der Waals surface area contributed by atoms with Crippen LogP contribution in [0.25, 0.3) is 6.08 Å². The van der Waals surface area contributed by atoms with Gasteiger partial charge in [-0.3, -0.25) is 9.59 Å². The average Bonchev–Trinajstić information content (AvgIpc) is 3.16. The van der Waals surface area contributed by atoms with E-state index < -0.39 is 11.8 Å². The van der Waals surface area contributed by atoms with Crippen molar-refractivity contribution >= 4 is 17.8 Å². The second-order valence-electron chi connectivity index (χ2n) is 8.31. The zero-order chi connectivity index (χ0) is 23.6. The molecular weight excluding hydrogens is 418 g/mol. The van der Waals surface area contributed by atoms with Gasteiger partial charge in [-0.25, -0.2) is 4.79 Å². The number of hydrogen-bond acceptors (Lipinski definition) is 5. The molecule has 0 saturated carbocycles. The standard InChI is InChI=1S/C26H29N3O4.H2/c1-19(2)17-22(27-24(31)15-13-20-9-5-3-6-10-20)23(30)18-29-26(32)33-25(28-29)16-14-21-11-7-4-8-12-21;/h3-13,15,19,22H,14,16-18H2,1-2H3,(H,27,31);1H/b15-13+;/t22-;/m0./s1. The molecule has 1 aromatic heterocycles. The summed E-state index contributed by atoms with van der Waals surface area (Å²) in [6.07, 6.45) is 4.68. The Bertz CT molecular complexity index is 1140. The maximum absolute atomic E-state index is 12.9. The molecule has 7 nitrogen and oxygen atoms in total. The van der Waals surface area contributed by atoms with Crippen LogP contribution in [0, 0.1) is 5.92 Å². The number of nitrogens with one attached hydrogen (secondary N) is 1. The van der Waals surface area contributed by atoms with Crippen molar-refractivity contribution in [1.82, 2.24) is 15.1 Å². The number of rotatable bonds is 11. The quantitative estimate of drug-likeness (QED) is 0.451. The van der Waals surface area contributed by atoms with E-state index in [0.717, 1.165) is 15.8 Å². The zero-order valence-electron chi connectivity index (χ0n) is 18.9. The number of carbonyl (C=O) groups excluding carboxylic acids is 2. The molecule has 1 N–H and O–H groups in total. The van der Waals surface area contributed by atoms with Gasteiger partial charge < -0.3 is 9.73 Å². The SMILES string of the molecule is CC(C)C[C@H](NC(=O)/C=C/c1ccccc1)C(=O)Cn1nc(CCc2ccccc2)oc1=O.[HH]. The van der Waals surface area contributed by atoms with E-state index in [1.54, 1.807) is 6.08 Å². The molecule has 2 aromatic carbocycles. The molecule has 0 fully saturated rings. The van der Waals surface area contributed by atoms with E-state index in [9.17, 15) is 14.4 Å². The molecule has 3 aromatic rings. The van der Waals surface area contributed by atoms with Crippen molar-refractivity contribution in [2.45, 2.75) is 45.7 Å². The summed E-state index contributed by atoms with van der Waals surface area (Å²) in [4.78, 5) is 37.5. The van der Waals surface area contributed by atoms with Crippen LogP contribution >= 0.6 is 0 Å². The van der Waals surface area contributed by atoms with Crippen LogP contribution in [-0.2, 0) is 29.0 Å². The minimum absolute atomic E-state index is 0. The van der Waals surface area contributed by atoms with Crippen molar-refractivity contribution in [3.8, 4) is 0 Å². The lowest BCUT2D eigenvalue weighted by Crippen LogP contribution is -2.43. The number of hydrogen-bond donors (Lipinski definition) is 1. The van der Waals surface area contributed by atoms with Crippen LogP contribution in [0.1, 0.15) is 38.7 Å². The minimum atomic E-state index is -0.728. The molecule has 1 heterocycles. The summed E-state index contributed by atoms with van der Waals surface area (Å²) in [6.45, 7) is 3.68. The average molecular weight is 450 g/mol. The van der Waals surface area contributed by atoms with Crippen molar-refractivity contribution in [2.24, 2.45) is 5.92 Å². The molecule has 174 valence electrons. The summed E-state index contributed by atoms with van der Waals surface area (Å²) < 4.78 is 6.24. The molecule has 0 aliphatic heterocycles. The van der Waals surface area contributed by atoms with Crippen molar-refractivity contribution in [2.75, 3.05) is 0 Å². The molecule has 0 spiro atoms. The van der Waals surface area contributed by atoms with Crippen LogP contribution in [0.5, 0.6) is 0 Å². The van der Waals surface area contributed by atoms with Crippen LogP contribution in [-0.4, -0.2) is 27.5 Å². The third-order valence-corrected chi connectivity index (χ3v) is 5.06. The second kappa shape index (κ2) is 11.8. The van der Waals surface area contributed by atoms with Gasteiger partial charge in [-0.05, 0) is 36.0 Å². The van der Waals surface area contributed by atoms with Crippen LogP contribution in [0.4, 0.5) is 0 Å². The maximum Gasteiger partial charge on any atom is 0.437 e. The number of nitrogens with zero attached hydrogens (tertiary/aromatic N) is 2. The van der Waals surface area contributed by atoms with Gasteiger partial charge in [-0.2, -0.15) is 4.68 Å². The van der Waals surface area contributed by atoms with Crippen LogP contribution in [0.2, 0.25) is 0 Å². The van der Waals surface area contributed by atoms with Gasteiger partial charge in [0.25, 0.3) is 0 Å². The maximum atomic E-state index is 12.9. The topological polar surface area (TPSA) is 94.2 Å². The molecule has 0 aliphatic rings. The Morgan fingerprint density at radius 3 is 2.39 bits per heavy atom. The first-order valence-corrected chi connectivity index (χ1v) is 11.1. The van der Waals surface area contributed by atoms with Gasteiger partial charge in [0, 0.05) is 13.9 Å². The van der Waals surface area contributed by atoms with E-state index in [-0.39, 0.29) is 31.5 Å². The minimum Gasteiger partial charge on any atom is -0.392 e. The Hall–Kier alpha value is -3.74. The predicted octanol–water partition coefficient (Wildman–Crippen LogP) is 3.68. The lowest BCUT2D eigenvalue weighted by atomic mass is 10.00. The Kier molecular flexibility index (Phi) is 8.52.